The third kappa shape index (κ3) is 5.69. The lowest BCUT2D eigenvalue weighted by molar-refractivity contribution is 0.359. The minimum atomic E-state index is -0.332. The number of aromatic nitrogens is 2. The Bertz CT molecular complexity index is 1050. The molecule has 0 aromatic carbocycles. The van der Waals surface area contributed by atoms with Gasteiger partial charge in [0.05, 0.1) is 19.6 Å². The van der Waals surface area contributed by atoms with Crippen molar-refractivity contribution in [3.8, 4) is 0 Å². The summed E-state index contributed by atoms with van der Waals surface area (Å²) in [6.45, 7) is 3.84. The van der Waals surface area contributed by atoms with Crippen LogP contribution in [0.25, 0.3) is 0 Å². The van der Waals surface area contributed by atoms with Crippen molar-refractivity contribution in [1.82, 2.24) is 40.6 Å². The molecule has 4 rings (SSSR count). The molecule has 2 aromatic heterocycles. The molecule has 2 aliphatic heterocycles. The number of rotatable bonds is 6. The van der Waals surface area contributed by atoms with E-state index in [0.29, 0.717) is 25.6 Å². The van der Waals surface area contributed by atoms with Gasteiger partial charge in [-0.1, -0.05) is 0 Å². The summed E-state index contributed by atoms with van der Waals surface area (Å²) in [6, 6.07) is 8.10. The van der Waals surface area contributed by atoms with Crippen molar-refractivity contribution >= 4 is 23.8 Å². The van der Waals surface area contributed by atoms with Gasteiger partial charge in [0.1, 0.15) is 6.17 Å². The fraction of sp³-hybridized carbons (Fsp3) is 0.455. The Hall–Kier alpha value is -3.96. The van der Waals surface area contributed by atoms with Crippen molar-refractivity contribution < 1.29 is 0 Å². The second-order valence-electron chi connectivity index (χ2n) is 8.47. The lowest BCUT2D eigenvalue weighted by Crippen LogP contribution is -2.54. The first-order chi connectivity index (χ1) is 16.4. The van der Waals surface area contributed by atoms with Gasteiger partial charge in [-0.3, -0.25) is 10.6 Å². The van der Waals surface area contributed by atoms with Gasteiger partial charge in [0.15, 0.2) is 12.1 Å². The minimum absolute atomic E-state index is 0.185. The lowest BCUT2D eigenvalue weighted by Gasteiger charge is -2.34. The van der Waals surface area contributed by atoms with Crippen LogP contribution >= 0.6 is 0 Å². The molecule has 0 aliphatic carbocycles. The van der Waals surface area contributed by atoms with E-state index in [4.69, 9.17) is 15.0 Å². The largest absolute Gasteiger partial charge is 0.364 e. The first-order valence-electron chi connectivity index (χ1n) is 11.3. The van der Waals surface area contributed by atoms with Crippen molar-refractivity contribution in [2.45, 2.75) is 32.3 Å². The molecular weight excluding hydrogens is 432 g/mol. The zero-order chi connectivity index (χ0) is 24.1. The third-order valence-electron chi connectivity index (χ3n) is 5.42. The number of hydrogen-bond acceptors (Lipinski definition) is 10. The number of guanidine groups is 4. The average Bonchev–Trinajstić information content (AvgIpc) is 3.52. The Morgan fingerprint density at radius 2 is 1.53 bits per heavy atom. The summed E-state index contributed by atoms with van der Waals surface area (Å²) in [6.07, 6.45) is 3.33. The zero-order valence-electron chi connectivity index (χ0n) is 20.4. The molecule has 2 aromatic rings. The van der Waals surface area contributed by atoms with Gasteiger partial charge in [-0.15, -0.1) is 0 Å². The molecule has 2 aliphatic rings. The molecule has 0 bridgehead atoms. The van der Waals surface area contributed by atoms with Gasteiger partial charge < -0.3 is 30.0 Å². The fourth-order valence-electron chi connectivity index (χ4n) is 3.72. The molecule has 4 heterocycles. The number of H-pyrrole nitrogens is 2. The fourth-order valence-corrected chi connectivity index (χ4v) is 3.72. The number of hydrogen-bond donors (Lipinski definition) is 5. The number of aromatic amines is 2. The molecule has 12 heteroatoms. The van der Waals surface area contributed by atoms with E-state index in [2.05, 4.69) is 52.8 Å². The molecule has 12 nitrogen and oxygen atoms in total. The van der Waals surface area contributed by atoms with Crippen molar-refractivity contribution in [2.24, 2.45) is 20.0 Å². The molecule has 0 spiro atoms. The van der Waals surface area contributed by atoms with E-state index in [-0.39, 0.29) is 12.3 Å². The Morgan fingerprint density at radius 3 is 2.15 bits per heavy atom. The SMILES string of the molecule is CNC1=NC(CN(Cc2ccc[nH]2)C2=NC(C)N=C(N(C)C)N2)N=C(N(C)Cc2ccc[nH]2)N1. The van der Waals surface area contributed by atoms with Crippen LogP contribution in [0.3, 0.4) is 0 Å². The van der Waals surface area contributed by atoms with Gasteiger partial charge in [0.2, 0.25) is 17.9 Å². The van der Waals surface area contributed by atoms with Crippen LogP contribution in [0.5, 0.6) is 0 Å². The molecule has 5 N–H and O–H groups in total. The van der Waals surface area contributed by atoms with Crippen LogP contribution in [0.2, 0.25) is 0 Å². The standard InChI is InChI=1S/C22H34N12/c1-15-26-20(32(3)4)31-22(27-15)34(13-17-9-7-11-25-17)14-18-28-19(23-2)30-21(29-18)33(5)12-16-8-6-10-24-16/h6-11,15,18,24-25H,12-14H2,1-5H3,(H,26,27,31)(H2,23,28,29,30). The van der Waals surface area contributed by atoms with E-state index in [0.717, 1.165) is 29.3 Å². The second kappa shape index (κ2) is 10.3. The van der Waals surface area contributed by atoms with Gasteiger partial charge in [-0.25, -0.2) is 20.0 Å². The van der Waals surface area contributed by atoms with Gasteiger partial charge in [-0.2, -0.15) is 0 Å². The van der Waals surface area contributed by atoms with Crippen LogP contribution < -0.4 is 16.0 Å². The monoisotopic (exact) mass is 466 g/mol. The van der Waals surface area contributed by atoms with Crippen LogP contribution in [0.15, 0.2) is 56.6 Å². The summed E-state index contributed by atoms with van der Waals surface area (Å²) in [4.78, 5) is 31.7. The van der Waals surface area contributed by atoms with E-state index in [1.54, 1.807) is 0 Å². The highest BCUT2D eigenvalue weighted by molar-refractivity contribution is 6.01. The summed E-state index contributed by atoms with van der Waals surface area (Å²) in [7, 11) is 7.78. The quantitative estimate of drug-likeness (QED) is 0.418. The van der Waals surface area contributed by atoms with Crippen molar-refractivity contribution in [1.29, 1.82) is 0 Å². The molecular formula is C22H34N12. The Morgan fingerprint density at radius 1 is 0.853 bits per heavy atom. The molecule has 2 unspecified atom stereocenters. The Balaban J connectivity index is 1.56. The predicted molar refractivity (Wildman–Crippen MR) is 135 cm³/mol. The highest BCUT2D eigenvalue weighted by Gasteiger charge is 2.26. The maximum Gasteiger partial charge on any atom is 0.203 e. The summed E-state index contributed by atoms with van der Waals surface area (Å²) >= 11 is 0. The molecule has 0 saturated heterocycles. The maximum atomic E-state index is 4.91. The molecule has 182 valence electrons. The Kier molecular flexibility index (Phi) is 7.04. The van der Waals surface area contributed by atoms with Crippen molar-refractivity contribution in [3.63, 3.8) is 0 Å². The molecule has 0 fully saturated rings. The second-order valence-corrected chi connectivity index (χ2v) is 8.47. The van der Waals surface area contributed by atoms with E-state index in [9.17, 15) is 0 Å². The first-order valence-corrected chi connectivity index (χ1v) is 11.3. The van der Waals surface area contributed by atoms with Gasteiger partial charge >= 0.3 is 0 Å². The first kappa shape index (κ1) is 23.2. The van der Waals surface area contributed by atoms with Crippen LogP contribution in [-0.4, -0.2) is 95.6 Å². The summed E-state index contributed by atoms with van der Waals surface area (Å²) in [5, 5.41) is 9.78. The zero-order valence-corrected chi connectivity index (χ0v) is 20.4. The third-order valence-corrected chi connectivity index (χ3v) is 5.42. The number of nitrogens with one attached hydrogen (secondary N) is 5. The minimum Gasteiger partial charge on any atom is -0.364 e. The predicted octanol–water partition coefficient (Wildman–Crippen LogP) is 0.360. The molecule has 0 amide bonds. The Labute approximate surface area is 200 Å². The smallest absolute Gasteiger partial charge is 0.203 e. The highest BCUT2D eigenvalue weighted by atomic mass is 15.4. The molecule has 2 atom stereocenters. The van der Waals surface area contributed by atoms with Crippen LogP contribution in [-0.2, 0) is 13.1 Å². The van der Waals surface area contributed by atoms with Crippen LogP contribution in [0, 0.1) is 0 Å². The lowest BCUT2D eigenvalue weighted by atomic mass is 10.3. The summed E-state index contributed by atoms with van der Waals surface area (Å²) in [5.74, 6) is 2.95. The average molecular weight is 467 g/mol. The normalized spacial score (nSPS) is 19.7. The van der Waals surface area contributed by atoms with Crippen LogP contribution in [0.1, 0.15) is 18.3 Å². The number of nitrogens with zero attached hydrogens (tertiary/aromatic N) is 7. The molecule has 0 radical (unpaired) electrons. The number of aliphatic imine (C=N–C) groups is 4. The van der Waals surface area contributed by atoms with Gasteiger partial charge in [-0.05, 0) is 31.2 Å². The molecule has 0 saturated carbocycles. The van der Waals surface area contributed by atoms with E-state index in [1.165, 1.54) is 0 Å². The molecule has 34 heavy (non-hydrogen) atoms. The summed E-state index contributed by atoms with van der Waals surface area (Å²) < 4.78 is 0. The van der Waals surface area contributed by atoms with Crippen molar-refractivity contribution in [2.75, 3.05) is 34.7 Å². The summed E-state index contributed by atoms with van der Waals surface area (Å²) in [5.41, 5.74) is 2.18. The van der Waals surface area contributed by atoms with Gasteiger partial charge in [0.25, 0.3) is 0 Å². The van der Waals surface area contributed by atoms with E-state index >= 15 is 0 Å². The van der Waals surface area contributed by atoms with E-state index < -0.39 is 0 Å². The van der Waals surface area contributed by atoms with Gasteiger partial charge in [0, 0.05) is 52.0 Å². The van der Waals surface area contributed by atoms with Crippen LogP contribution in [0.4, 0.5) is 0 Å². The highest BCUT2D eigenvalue weighted by Crippen LogP contribution is 2.12. The maximum absolute atomic E-state index is 4.91. The topological polar surface area (TPSA) is 127 Å². The van der Waals surface area contributed by atoms with E-state index in [1.807, 2.05) is 64.5 Å². The van der Waals surface area contributed by atoms with Crippen molar-refractivity contribution in [3.05, 3.63) is 48.0 Å².